The molecule has 24 heavy (non-hydrogen) atoms. The number of carbonyl (C=O) groups excluding carboxylic acids is 1. The molecule has 0 radical (unpaired) electrons. The van der Waals surface area contributed by atoms with Crippen molar-refractivity contribution >= 4 is 18.3 Å². The van der Waals surface area contributed by atoms with E-state index in [-0.39, 0.29) is 24.2 Å². The third-order valence-corrected chi connectivity index (χ3v) is 4.74. The number of rotatable bonds is 5. The molecule has 3 heterocycles. The summed E-state index contributed by atoms with van der Waals surface area (Å²) in [7, 11) is 0. The zero-order chi connectivity index (χ0) is 16.2. The molecule has 0 aliphatic carbocycles. The maximum atomic E-state index is 12.4. The third-order valence-electron chi connectivity index (χ3n) is 4.74. The summed E-state index contributed by atoms with van der Waals surface area (Å²) in [5, 5.41) is 7.32. The molecule has 1 aromatic rings. The first-order chi connectivity index (χ1) is 11.1. The molecule has 2 saturated heterocycles. The lowest BCUT2D eigenvalue weighted by atomic mass is 10.2. The van der Waals surface area contributed by atoms with Crippen LogP contribution in [0.2, 0.25) is 0 Å². The van der Waals surface area contributed by atoms with Crippen LogP contribution in [0, 0.1) is 0 Å². The molecular weight excluding hydrogens is 330 g/mol. The molecule has 0 bridgehead atoms. The van der Waals surface area contributed by atoms with Crippen LogP contribution in [-0.4, -0.2) is 71.2 Å². The van der Waals surface area contributed by atoms with Gasteiger partial charge in [0.25, 0.3) is 0 Å². The summed E-state index contributed by atoms with van der Waals surface area (Å²) >= 11 is 0. The first-order valence-electron chi connectivity index (χ1n) is 8.68. The van der Waals surface area contributed by atoms with E-state index < -0.39 is 0 Å². The van der Waals surface area contributed by atoms with E-state index in [0.717, 1.165) is 45.7 Å². The smallest absolute Gasteiger partial charge is 0.227 e. The quantitative estimate of drug-likeness (QED) is 0.849. The van der Waals surface area contributed by atoms with E-state index in [4.69, 9.17) is 4.52 Å². The maximum absolute atomic E-state index is 12.4. The van der Waals surface area contributed by atoms with Gasteiger partial charge in [-0.2, -0.15) is 4.98 Å². The largest absolute Gasteiger partial charge is 0.341 e. The molecule has 1 aromatic heterocycles. The second kappa shape index (κ2) is 8.78. The summed E-state index contributed by atoms with van der Waals surface area (Å²) in [4.78, 5) is 21.2. The van der Waals surface area contributed by atoms with Crippen molar-refractivity contribution in [3.05, 3.63) is 11.7 Å². The number of piperazine rings is 1. The lowest BCUT2D eigenvalue weighted by Crippen LogP contribution is -2.49. The summed E-state index contributed by atoms with van der Waals surface area (Å²) < 4.78 is 5.21. The molecule has 1 atom stereocenters. The van der Waals surface area contributed by atoms with Crippen LogP contribution in [0.5, 0.6) is 0 Å². The molecule has 2 aliphatic heterocycles. The number of likely N-dealkylation sites (tertiary alicyclic amines) is 1. The molecule has 2 fully saturated rings. The fraction of sp³-hybridized carbons (Fsp3) is 0.812. The predicted octanol–water partition coefficient (Wildman–Crippen LogP) is 1.05. The number of halogens is 1. The van der Waals surface area contributed by atoms with Crippen molar-refractivity contribution in [2.75, 3.05) is 39.3 Å². The summed E-state index contributed by atoms with van der Waals surface area (Å²) in [5.41, 5.74) is 0. The van der Waals surface area contributed by atoms with Crippen LogP contribution in [-0.2, 0) is 11.2 Å². The molecule has 3 rings (SSSR count). The standard InChI is InChI=1S/C16H27N5O2.ClH/c1-12(2)16-18-14(23-19-16)3-4-15(22)21-8-5-13(11-21)20-9-6-17-7-10-20;/h12-13,17H,3-11H2,1-2H3;1H. The first kappa shape index (κ1) is 19.1. The fourth-order valence-electron chi connectivity index (χ4n) is 3.29. The van der Waals surface area contributed by atoms with Crippen molar-refractivity contribution in [3.8, 4) is 0 Å². The molecule has 1 unspecified atom stereocenters. The number of hydrogen-bond acceptors (Lipinski definition) is 6. The fourth-order valence-corrected chi connectivity index (χ4v) is 3.29. The summed E-state index contributed by atoms with van der Waals surface area (Å²) in [6, 6.07) is 0.525. The van der Waals surface area contributed by atoms with Gasteiger partial charge in [0.05, 0.1) is 0 Å². The SMILES string of the molecule is CC(C)c1noc(CCC(=O)N2CCC(N3CCNCC3)C2)n1.Cl. The van der Waals surface area contributed by atoms with Gasteiger partial charge < -0.3 is 14.7 Å². The molecule has 0 saturated carbocycles. The van der Waals surface area contributed by atoms with Crippen molar-refractivity contribution in [2.45, 2.75) is 45.1 Å². The van der Waals surface area contributed by atoms with E-state index in [1.165, 1.54) is 0 Å². The Labute approximate surface area is 149 Å². The van der Waals surface area contributed by atoms with Crippen LogP contribution in [0.4, 0.5) is 0 Å². The van der Waals surface area contributed by atoms with Crippen LogP contribution in [0.25, 0.3) is 0 Å². The van der Waals surface area contributed by atoms with Gasteiger partial charge in [-0.25, -0.2) is 0 Å². The Kier molecular flexibility index (Phi) is 7.01. The van der Waals surface area contributed by atoms with E-state index in [9.17, 15) is 4.79 Å². The van der Waals surface area contributed by atoms with E-state index in [1.807, 2.05) is 18.7 Å². The highest BCUT2D eigenvalue weighted by atomic mass is 35.5. The lowest BCUT2D eigenvalue weighted by Gasteiger charge is -2.32. The van der Waals surface area contributed by atoms with Gasteiger partial charge >= 0.3 is 0 Å². The maximum Gasteiger partial charge on any atom is 0.227 e. The summed E-state index contributed by atoms with van der Waals surface area (Å²) in [6.07, 6.45) is 2.07. The average Bonchev–Trinajstić information content (AvgIpc) is 3.23. The van der Waals surface area contributed by atoms with Crippen molar-refractivity contribution in [1.82, 2.24) is 25.3 Å². The average molecular weight is 358 g/mol. The molecule has 0 aromatic carbocycles. The highest BCUT2D eigenvalue weighted by Gasteiger charge is 2.30. The van der Waals surface area contributed by atoms with Gasteiger partial charge in [0, 0.05) is 64.1 Å². The Hall–Kier alpha value is -1.18. The summed E-state index contributed by atoms with van der Waals surface area (Å²) in [6.45, 7) is 10.1. The van der Waals surface area contributed by atoms with Gasteiger partial charge in [0.2, 0.25) is 11.8 Å². The lowest BCUT2D eigenvalue weighted by molar-refractivity contribution is -0.130. The van der Waals surface area contributed by atoms with Crippen LogP contribution in [0.3, 0.4) is 0 Å². The van der Waals surface area contributed by atoms with Crippen molar-refractivity contribution < 1.29 is 9.32 Å². The predicted molar refractivity (Wildman–Crippen MR) is 93.4 cm³/mol. The zero-order valence-electron chi connectivity index (χ0n) is 14.5. The first-order valence-corrected chi connectivity index (χ1v) is 8.68. The molecular formula is C16H28ClN5O2. The minimum atomic E-state index is 0. The molecule has 2 aliphatic rings. The number of nitrogens with one attached hydrogen (secondary N) is 1. The highest BCUT2D eigenvalue weighted by molar-refractivity contribution is 5.85. The highest BCUT2D eigenvalue weighted by Crippen LogP contribution is 2.18. The van der Waals surface area contributed by atoms with Gasteiger partial charge in [-0.3, -0.25) is 9.69 Å². The van der Waals surface area contributed by atoms with Crippen molar-refractivity contribution in [1.29, 1.82) is 0 Å². The van der Waals surface area contributed by atoms with Gasteiger partial charge in [0.15, 0.2) is 5.82 Å². The Balaban J connectivity index is 0.00000208. The minimum Gasteiger partial charge on any atom is -0.341 e. The summed E-state index contributed by atoms with van der Waals surface area (Å²) in [5.74, 6) is 1.74. The topological polar surface area (TPSA) is 74.5 Å². The number of hydrogen-bond donors (Lipinski definition) is 1. The Morgan fingerprint density at radius 2 is 2.08 bits per heavy atom. The van der Waals surface area contributed by atoms with E-state index in [1.54, 1.807) is 0 Å². The van der Waals surface area contributed by atoms with Crippen molar-refractivity contribution in [3.63, 3.8) is 0 Å². The minimum absolute atomic E-state index is 0. The normalized spacial score (nSPS) is 22.0. The van der Waals surface area contributed by atoms with Crippen LogP contribution in [0.15, 0.2) is 4.52 Å². The second-order valence-corrected chi connectivity index (χ2v) is 6.77. The van der Waals surface area contributed by atoms with Gasteiger partial charge in [0.1, 0.15) is 0 Å². The Morgan fingerprint density at radius 3 is 2.75 bits per heavy atom. The second-order valence-electron chi connectivity index (χ2n) is 6.77. The number of carbonyl (C=O) groups is 1. The van der Waals surface area contributed by atoms with Crippen LogP contribution >= 0.6 is 12.4 Å². The van der Waals surface area contributed by atoms with Crippen molar-refractivity contribution in [2.24, 2.45) is 0 Å². The van der Waals surface area contributed by atoms with E-state index in [0.29, 0.717) is 30.6 Å². The molecule has 1 amide bonds. The van der Waals surface area contributed by atoms with Crippen LogP contribution in [0.1, 0.15) is 44.3 Å². The molecule has 8 heteroatoms. The van der Waals surface area contributed by atoms with E-state index >= 15 is 0 Å². The Bertz CT molecular complexity index is 530. The third kappa shape index (κ3) is 4.68. The van der Waals surface area contributed by atoms with E-state index in [2.05, 4.69) is 20.4 Å². The molecule has 0 spiro atoms. The molecule has 1 N–H and O–H groups in total. The number of amides is 1. The number of aromatic nitrogens is 2. The van der Waals surface area contributed by atoms with Gasteiger partial charge in [-0.1, -0.05) is 19.0 Å². The number of nitrogens with zero attached hydrogens (tertiary/aromatic N) is 4. The molecule has 7 nitrogen and oxygen atoms in total. The molecule has 136 valence electrons. The Morgan fingerprint density at radius 1 is 1.33 bits per heavy atom. The number of aryl methyl sites for hydroxylation is 1. The van der Waals surface area contributed by atoms with Gasteiger partial charge in [-0.05, 0) is 6.42 Å². The van der Waals surface area contributed by atoms with Crippen LogP contribution < -0.4 is 5.32 Å². The van der Waals surface area contributed by atoms with Gasteiger partial charge in [-0.15, -0.1) is 12.4 Å². The monoisotopic (exact) mass is 357 g/mol. The zero-order valence-corrected chi connectivity index (χ0v) is 15.3.